The molecular formula is C18H18N2O5S. The van der Waals surface area contributed by atoms with Gasteiger partial charge in [0.25, 0.3) is 10.0 Å². The van der Waals surface area contributed by atoms with Gasteiger partial charge in [0.05, 0.1) is 18.4 Å². The van der Waals surface area contributed by atoms with Crippen molar-refractivity contribution in [3.63, 3.8) is 0 Å². The number of ether oxygens (including phenoxy) is 1. The van der Waals surface area contributed by atoms with Crippen LogP contribution in [0.2, 0.25) is 0 Å². The smallest absolute Gasteiger partial charge is 0.264 e. The van der Waals surface area contributed by atoms with E-state index < -0.39 is 15.9 Å². The number of anilines is 1. The Balaban J connectivity index is 1.76. The quantitative estimate of drug-likeness (QED) is 0.828. The van der Waals surface area contributed by atoms with E-state index in [0.29, 0.717) is 29.8 Å². The zero-order valence-corrected chi connectivity index (χ0v) is 14.9. The lowest BCUT2D eigenvalue weighted by atomic mass is 10.0. The van der Waals surface area contributed by atoms with E-state index >= 15 is 0 Å². The van der Waals surface area contributed by atoms with Gasteiger partial charge in [-0.1, -0.05) is 18.2 Å². The number of carbonyl (C=O) groups excluding carboxylic acids is 2. The summed E-state index contributed by atoms with van der Waals surface area (Å²) in [6.07, 6.45) is 0.639. The summed E-state index contributed by atoms with van der Waals surface area (Å²) < 4.78 is 32.2. The number of fused-ring (bicyclic) bond motifs is 1. The third-order valence-electron chi connectivity index (χ3n) is 4.07. The van der Waals surface area contributed by atoms with E-state index in [1.165, 1.54) is 25.3 Å². The summed E-state index contributed by atoms with van der Waals surface area (Å²) in [6.45, 7) is 0. The van der Waals surface area contributed by atoms with Crippen LogP contribution in [0, 0.1) is 0 Å². The number of sulfonamides is 1. The number of hydrogen-bond donors (Lipinski definition) is 2. The van der Waals surface area contributed by atoms with Crippen LogP contribution in [-0.4, -0.2) is 27.3 Å². The Kier molecular flexibility index (Phi) is 4.94. The maximum Gasteiger partial charge on any atom is 0.264 e. The monoisotopic (exact) mass is 374 g/mol. The first-order chi connectivity index (χ1) is 12.4. The summed E-state index contributed by atoms with van der Waals surface area (Å²) in [5.41, 5.74) is 1.92. The summed E-state index contributed by atoms with van der Waals surface area (Å²) >= 11 is 0. The molecule has 1 heterocycles. The summed E-state index contributed by atoms with van der Waals surface area (Å²) in [4.78, 5) is 23.6. The fraction of sp³-hybridized carbons (Fsp3) is 0.222. The van der Waals surface area contributed by atoms with Crippen LogP contribution in [0.4, 0.5) is 5.69 Å². The van der Waals surface area contributed by atoms with E-state index in [9.17, 15) is 18.0 Å². The molecule has 0 atom stereocenters. The largest absolute Gasteiger partial charge is 0.496 e. The first kappa shape index (κ1) is 17.9. The van der Waals surface area contributed by atoms with Crippen molar-refractivity contribution < 1.29 is 22.7 Å². The molecule has 0 aromatic heterocycles. The van der Waals surface area contributed by atoms with E-state index in [2.05, 4.69) is 10.0 Å². The SMILES string of the molecule is COc1ccccc1CC(=O)NS(=O)(=O)c1ccc2c(c1)CCC(=O)N2. The first-order valence-corrected chi connectivity index (χ1v) is 9.47. The van der Waals surface area contributed by atoms with Gasteiger partial charge >= 0.3 is 0 Å². The van der Waals surface area contributed by atoms with Gasteiger partial charge in [-0.05, 0) is 36.2 Å². The standard InChI is InChI=1S/C18H18N2O5S/c1-25-16-5-3-2-4-13(16)11-18(22)20-26(23,24)14-7-8-15-12(10-14)6-9-17(21)19-15/h2-5,7-8,10H,6,9,11H2,1H3,(H,19,21)(H,20,22). The van der Waals surface area contributed by atoms with E-state index in [4.69, 9.17) is 4.74 Å². The highest BCUT2D eigenvalue weighted by Crippen LogP contribution is 2.25. The summed E-state index contributed by atoms with van der Waals surface area (Å²) in [6, 6.07) is 11.3. The second-order valence-electron chi connectivity index (χ2n) is 5.88. The Morgan fingerprint density at radius 1 is 1.19 bits per heavy atom. The van der Waals surface area contributed by atoms with E-state index in [0.717, 1.165) is 5.56 Å². The predicted octanol–water partition coefficient (Wildman–Crippen LogP) is 1.63. The Labute approximate surface area is 151 Å². The third kappa shape index (κ3) is 3.85. The van der Waals surface area contributed by atoms with Gasteiger partial charge in [-0.2, -0.15) is 0 Å². The van der Waals surface area contributed by atoms with Gasteiger partial charge < -0.3 is 10.1 Å². The molecule has 0 saturated heterocycles. The molecule has 0 bridgehead atoms. The predicted molar refractivity (Wildman–Crippen MR) is 95.4 cm³/mol. The number of benzene rings is 2. The zero-order chi connectivity index (χ0) is 18.7. The zero-order valence-electron chi connectivity index (χ0n) is 14.1. The maximum absolute atomic E-state index is 12.5. The molecular weight excluding hydrogens is 356 g/mol. The Morgan fingerprint density at radius 2 is 1.96 bits per heavy atom. The topological polar surface area (TPSA) is 102 Å². The number of nitrogens with one attached hydrogen (secondary N) is 2. The van der Waals surface area contributed by atoms with Crippen molar-refractivity contribution in [3.8, 4) is 5.75 Å². The van der Waals surface area contributed by atoms with E-state index in [1.54, 1.807) is 24.3 Å². The number of carbonyl (C=O) groups is 2. The fourth-order valence-electron chi connectivity index (χ4n) is 2.79. The molecule has 0 saturated carbocycles. The molecule has 1 aliphatic rings. The van der Waals surface area contributed by atoms with Gasteiger partial charge in [0.15, 0.2) is 0 Å². The van der Waals surface area contributed by atoms with Crippen LogP contribution in [0.5, 0.6) is 5.75 Å². The molecule has 2 aromatic rings. The van der Waals surface area contributed by atoms with Gasteiger partial charge in [0, 0.05) is 17.7 Å². The first-order valence-electron chi connectivity index (χ1n) is 7.99. The summed E-state index contributed by atoms with van der Waals surface area (Å²) in [7, 11) is -2.51. The molecule has 26 heavy (non-hydrogen) atoms. The van der Waals surface area contributed by atoms with Crippen molar-refractivity contribution in [2.75, 3.05) is 12.4 Å². The molecule has 2 N–H and O–H groups in total. The van der Waals surface area contributed by atoms with Gasteiger partial charge in [0.1, 0.15) is 5.75 Å². The lowest BCUT2D eigenvalue weighted by Gasteiger charge is -2.17. The van der Waals surface area contributed by atoms with Crippen LogP contribution in [0.1, 0.15) is 17.5 Å². The molecule has 3 rings (SSSR count). The summed E-state index contributed by atoms with van der Waals surface area (Å²) in [5.74, 6) is -0.233. The number of para-hydroxylation sites is 1. The Morgan fingerprint density at radius 3 is 2.73 bits per heavy atom. The van der Waals surface area contributed by atoms with Crippen molar-refractivity contribution in [3.05, 3.63) is 53.6 Å². The van der Waals surface area contributed by atoms with Crippen LogP contribution in [0.3, 0.4) is 0 Å². The Hall–Kier alpha value is -2.87. The lowest BCUT2D eigenvalue weighted by Crippen LogP contribution is -2.32. The van der Waals surface area contributed by atoms with Crippen molar-refractivity contribution in [2.24, 2.45) is 0 Å². The van der Waals surface area contributed by atoms with Crippen molar-refractivity contribution in [1.82, 2.24) is 4.72 Å². The molecule has 8 heteroatoms. The van der Waals surface area contributed by atoms with Crippen molar-refractivity contribution in [1.29, 1.82) is 0 Å². The molecule has 7 nitrogen and oxygen atoms in total. The second kappa shape index (κ2) is 7.17. The van der Waals surface area contributed by atoms with Crippen LogP contribution >= 0.6 is 0 Å². The second-order valence-corrected chi connectivity index (χ2v) is 7.57. The molecule has 0 unspecified atom stereocenters. The molecule has 0 aliphatic carbocycles. The molecule has 0 spiro atoms. The molecule has 0 fully saturated rings. The average molecular weight is 374 g/mol. The van der Waals surface area contributed by atoms with E-state index in [1.807, 2.05) is 0 Å². The molecule has 1 aliphatic heterocycles. The lowest BCUT2D eigenvalue weighted by molar-refractivity contribution is -0.119. The number of amides is 2. The molecule has 136 valence electrons. The maximum atomic E-state index is 12.5. The average Bonchev–Trinajstić information content (AvgIpc) is 2.61. The molecule has 2 aromatic carbocycles. The minimum Gasteiger partial charge on any atom is -0.496 e. The van der Waals surface area contributed by atoms with Gasteiger partial charge in [0.2, 0.25) is 11.8 Å². The van der Waals surface area contributed by atoms with E-state index in [-0.39, 0.29) is 17.2 Å². The fourth-order valence-corrected chi connectivity index (χ4v) is 3.83. The highest BCUT2D eigenvalue weighted by molar-refractivity contribution is 7.90. The number of aryl methyl sites for hydroxylation is 1. The molecule has 0 radical (unpaired) electrons. The highest BCUT2D eigenvalue weighted by Gasteiger charge is 2.22. The van der Waals surface area contributed by atoms with Crippen molar-refractivity contribution in [2.45, 2.75) is 24.2 Å². The van der Waals surface area contributed by atoms with Gasteiger partial charge in [-0.3, -0.25) is 9.59 Å². The number of rotatable bonds is 5. The minimum absolute atomic E-state index is 0.0132. The van der Waals surface area contributed by atoms with Crippen molar-refractivity contribution >= 4 is 27.5 Å². The normalized spacial score (nSPS) is 13.5. The van der Waals surface area contributed by atoms with Crippen LogP contribution in [0.25, 0.3) is 0 Å². The minimum atomic E-state index is -4.00. The summed E-state index contributed by atoms with van der Waals surface area (Å²) in [5, 5.41) is 2.69. The van der Waals surface area contributed by atoms with Crippen LogP contribution in [-0.2, 0) is 32.5 Å². The van der Waals surface area contributed by atoms with Crippen LogP contribution in [0.15, 0.2) is 47.4 Å². The van der Waals surface area contributed by atoms with Crippen LogP contribution < -0.4 is 14.8 Å². The number of methoxy groups -OCH3 is 1. The van der Waals surface area contributed by atoms with Gasteiger partial charge in [-0.15, -0.1) is 0 Å². The third-order valence-corrected chi connectivity index (χ3v) is 5.45. The Bertz CT molecular complexity index is 969. The highest BCUT2D eigenvalue weighted by atomic mass is 32.2. The van der Waals surface area contributed by atoms with Gasteiger partial charge in [-0.25, -0.2) is 13.1 Å². The number of hydrogen-bond acceptors (Lipinski definition) is 5. The molecule has 2 amide bonds.